The van der Waals surface area contributed by atoms with Gasteiger partial charge in [0, 0.05) is 26.3 Å². The van der Waals surface area contributed by atoms with Gasteiger partial charge >= 0.3 is 15.2 Å². The van der Waals surface area contributed by atoms with Crippen LogP contribution in [0.25, 0.3) is 22.3 Å². The van der Waals surface area contributed by atoms with E-state index < -0.39 is 15.2 Å². The van der Waals surface area contributed by atoms with E-state index in [1.165, 1.54) is 199 Å². The number of rotatable bonds is 55. The average molecular weight is 1230 g/mol. The third-order valence-corrected chi connectivity index (χ3v) is 17.6. The SMILES string of the molecule is CCCCCCCCCCCCCCCCCCOCCOP(=O)(COCCn1cnc2c(N)ncnc21)OCc1ccccc1.CCCCCCCCCCCCCCCCCCOCCOP(=O)(O)COCCn1cnc2c(N)ncnc21. The fourth-order valence-corrected chi connectivity index (χ4v) is 12.0. The van der Waals surface area contributed by atoms with E-state index in [0.717, 1.165) is 24.8 Å². The number of benzene rings is 1. The summed E-state index contributed by atoms with van der Waals surface area (Å²) >= 11 is 0. The topological polar surface area (TPSA) is 258 Å². The van der Waals surface area contributed by atoms with Crippen LogP contribution in [0, 0.1) is 0 Å². The van der Waals surface area contributed by atoms with Crippen LogP contribution >= 0.6 is 15.2 Å². The number of unbranched alkanes of at least 4 members (excludes halogenated alkanes) is 30. The maximum Gasteiger partial charge on any atom is 0.356 e. The van der Waals surface area contributed by atoms with E-state index in [0.29, 0.717) is 73.5 Å². The lowest BCUT2D eigenvalue weighted by atomic mass is 10.0. The molecule has 4 heterocycles. The first kappa shape index (κ1) is 73.5. The molecule has 85 heavy (non-hydrogen) atoms. The lowest BCUT2D eigenvalue weighted by molar-refractivity contribution is 0.0756. The Morgan fingerprint density at radius 3 is 1.20 bits per heavy atom. The van der Waals surface area contributed by atoms with E-state index in [9.17, 15) is 14.0 Å². The minimum atomic E-state index is -3.82. The molecular weight excluding hydrogens is 1120 g/mol. The summed E-state index contributed by atoms with van der Waals surface area (Å²) in [5.41, 5.74) is 14.8. The van der Waals surface area contributed by atoms with Crippen molar-refractivity contribution in [1.82, 2.24) is 39.0 Å². The van der Waals surface area contributed by atoms with Gasteiger partial charge in [0.1, 0.15) is 36.4 Å². The summed E-state index contributed by atoms with van der Waals surface area (Å²) in [5, 5.41) is 0. The summed E-state index contributed by atoms with van der Waals surface area (Å²) in [6.07, 6.45) is 48.4. The third-order valence-electron chi connectivity index (χ3n) is 14.9. The second-order valence-electron chi connectivity index (χ2n) is 22.3. The maximum atomic E-state index is 13.5. The largest absolute Gasteiger partial charge is 0.382 e. The molecule has 0 aliphatic heterocycles. The van der Waals surface area contributed by atoms with E-state index in [4.69, 9.17) is 44.0 Å². The number of imidazole rings is 2. The number of nitrogens with two attached hydrogens (primary N) is 2. The molecule has 2 atom stereocenters. The van der Waals surface area contributed by atoms with E-state index >= 15 is 0 Å². The van der Waals surface area contributed by atoms with Gasteiger partial charge in [-0.05, 0) is 18.4 Å². The summed E-state index contributed by atoms with van der Waals surface area (Å²) in [4.78, 5) is 34.6. The second kappa shape index (κ2) is 48.0. The van der Waals surface area contributed by atoms with Crippen LogP contribution in [0.1, 0.15) is 225 Å². The van der Waals surface area contributed by atoms with Gasteiger partial charge < -0.3 is 58.0 Å². The standard InChI is InChI=1S/C35H58N5O5P.C28H52N5O5P/c1-2-3-4-5-6-7-8-9-10-11-12-13-14-15-16-20-24-42-26-27-44-46(41,45-28-32-21-18-17-19-22-32)31-43-25-23-40-30-39-33-34(36)37-29-38-35(33)40;1-2-3-4-5-6-7-8-9-10-11-12-13-14-15-16-17-19-36-21-22-38-39(34,35)25-37-20-18-33-24-32-26-27(29)30-23-31-28(26)33/h17-19,21-22,29-30H,2-16,20,23-28,31H2,1H3,(H2,36,37,38);23-24H,2-22,25H2,1H3,(H,34,35)(H2,29,30,31). The Labute approximate surface area is 509 Å². The maximum absolute atomic E-state index is 13.5. The number of hydrogen-bond acceptors (Lipinski definition) is 17. The molecule has 2 unspecified atom stereocenters. The molecule has 5 aromatic rings. The molecule has 482 valence electrons. The Hall–Kier alpha value is -3.94. The highest BCUT2D eigenvalue weighted by Gasteiger charge is 2.26. The fraction of sp³-hybridized carbons (Fsp3) is 0.746. The summed E-state index contributed by atoms with van der Waals surface area (Å²) in [6.45, 7) is 8.30. The lowest BCUT2D eigenvalue weighted by Crippen LogP contribution is -2.11. The summed E-state index contributed by atoms with van der Waals surface area (Å²) in [6, 6.07) is 9.60. The van der Waals surface area contributed by atoms with Gasteiger partial charge in [-0.25, -0.2) is 29.9 Å². The molecular formula is C63H110N10O10P2. The molecule has 5 N–H and O–H groups in total. The Morgan fingerprint density at radius 1 is 0.412 bits per heavy atom. The Kier molecular flexibility index (Phi) is 41.6. The molecule has 0 saturated carbocycles. The van der Waals surface area contributed by atoms with Gasteiger partial charge in [0.05, 0.1) is 58.9 Å². The quantitative estimate of drug-likeness (QED) is 0.0241. The number of ether oxygens (including phenoxy) is 4. The van der Waals surface area contributed by atoms with E-state index in [-0.39, 0.29) is 45.7 Å². The summed E-state index contributed by atoms with van der Waals surface area (Å²) in [5.74, 6) is 0.638. The van der Waals surface area contributed by atoms with Crippen molar-refractivity contribution in [3.05, 3.63) is 61.2 Å². The molecule has 0 spiro atoms. The molecule has 5 rings (SSSR count). The predicted octanol–water partition coefficient (Wildman–Crippen LogP) is 15.9. The van der Waals surface area contributed by atoms with Gasteiger partial charge in [0.2, 0.25) is 0 Å². The van der Waals surface area contributed by atoms with Gasteiger partial charge in [-0.15, -0.1) is 0 Å². The predicted molar refractivity (Wildman–Crippen MR) is 342 cm³/mol. The van der Waals surface area contributed by atoms with Crippen molar-refractivity contribution in [3.8, 4) is 0 Å². The zero-order chi connectivity index (χ0) is 60.6. The monoisotopic (exact) mass is 1230 g/mol. The van der Waals surface area contributed by atoms with Crippen LogP contribution in [-0.4, -0.2) is 109 Å². The van der Waals surface area contributed by atoms with Gasteiger partial charge in [-0.1, -0.05) is 237 Å². The van der Waals surface area contributed by atoms with Crippen molar-refractivity contribution in [1.29, 1.82) is 0 Å². The van der Waals surface area contributed by atoms with Crippen LogP contribution in [0.5, 0.6) is 0 Å². The summed E-state index contributed by atoms with van der Waals surface area (Å²) in [7, 11) is -7.34. The van der Waals surface area contributed by atoms with Crippen molar-refractivity contribution in [3.63, 3.8) is 0 Å². The molecule has 0 bridgehead atoms. The first-order chi connectivity index (χ1) is 41.6. The number of nitrogens with zero attached hydrogens (tertiary/aromatic N) is 8. The Bertz CT molecular complexity index is 2490. The first-order valence-corrected chi connectivity index (χ1v) is 36.2. The van der Waals surface area contributed by atoms with Crippen LogP contribution in [0.2, 0.25) is 0 Å². The average Bonchev–Trinajstić information content (AvgIpc) is 4.19. The molecule has 0 radical (unpaired) electrons. The molecule has 0 amide bonds. The van der Waals surface area contributed by atoms with E-state index in [1.807, 2.05) is 34.9 Å². The number of hydrogen-bond donors (Lipinski definition) is 3. The van der Waals surface area contributed by atoms with Crippen LogP contribution < -0.4 is 11.5 Å². The number of fused-ring (bicyclic) bond motifs is 2. The smallest absolute Gasteiger partial charge is 0.356 e. The number of anilines is 2. The zero-order valence-corrected chi connectivity index (χ0v) is 54.1. The van der Waals surface area contributed by atoms with Gasteiger partial charge in [-0.2, -0.15) is 0 Å². The van der Waals surface area contributed by atoms with Crippen LogP contribution in [-0.2, 0) is 61.3 Å². The van der Waals surface area contributed by atoms with Gasteiger partial charge in [0.25, 0.3) is 0 Å². The highest BCUT2D eigenvalue weighted by molar-refractivity contribution is 7.53. The highest BCUT2D eigenvalue weighted by Crippen LogP contribution is 2.49. The van der Waals surface area contributed by atoms with Crippen LogP contribution in [0.3, 0.4) is 0 Å². The molecule has 0 fully saturated rings. The molecule has 0 aliphatic carbocycles. The molecule has 0 saturated heterocycles. The minimum Gasteiger partial charge on any atom is -0.382 e. The van der Waals surface area contributed by atoms with Crippen molar-refractivity contribution in [2.24, 2.45) is 0 Å². The van der Waals surface area contributed by atoms with Crippen molar-refractivity contribution >= 4 is 49.2 Å². The number of nitrogen functional groups attached to an aromatic ring is 2. The molecule has 1 aromatic carbocycles. The fourth-order valence-electron chi connectivity index (χ4n) is 9.89. The lowest BCUT2D eigenvalue weighted by Gasteiger charge is -2.19. The van der Waals surface area contributed by atoms with E-state index in [2.05, 4.69) is 43.8 Å². The van der Waals surface area contributed by atoms with Gasteiger partial charge in [0.15, 0.2) is 22.9 Å². The van der Waals surface area contributed by atoms with E-state index in [1.54, 1.807) is 17.2 Å². The normalized spacial score (nSPS) is 13.1. The molecule has 20 nitrogen and oxygen atoms in total. The molecule has 22 heteroatoms. The minimum absolute atomic E-state index is 0.0678. The third kappa shape index (κ3) is 35.0. The summed E-state index contributed by atoms with van der Waals surface area (Å²) < 4.78 is 68.2. The molecule has 0 aliphatic rings. The van der Waals surface area contributed by atoms with Crippen molar-refractivity contribution in [2.75, 3.05) is 77.0 Å². The van der Waals surface area contributed by atoms with Crippen LogP contribution in [0.4, 0.5) is 11.6 Å². The first-order valence-electron chi connectivity index (χ1n) is 32.7. The zero-order valence-electron chi connectivity index (χ0n) is 52.3. The van der Waals surface area contributed by atoms with Crippen molar-refractivity contribution < 1.29 is 46.5 Å². The van der Waals surface area contributed by atoms with Gasteiger partial charge in [-0.3, -0.25) is 9.13 Å². The Balaban J connectivity index is 0.000000370. The van der Waals surface area contributed by atoms with Crippen LogP contribution in [0.15, 0.2) is 55.6 Å². The highest BCUT2D eigenvalue weighted by atomic mass is 31.2. The second-order valence-corrected chi connectivity index (χ2v) is 26.1. The number of aromatic nitrogens is 8. The Morgan fingerprint density at radius 2 is 0.788 bits per heavy atom. The van der Waals surface area contributed by atoms with Crippen molar-refractivity contribution in [2.45, 2.75) is 239 Å². The molecule has 4 aromatic heterocycles.